The summed E-state index contributed by atoms with van der Waals surface area (Å²) in [7, 11) is 0. The summed E-state index contributed by atoms with van der Waals surface area (Å²) >= 11 is 0. The van der Waals surface area contributed by atoms with Crippen molar-refractivity contribution in [1.29, 1.82) is 0 Å². The Balaban J connectivity index is 1.92. The van der Waals surface area contributed by atoms with E-state index in [4.69, 9.17) is 10.5 Å². The Morgan fingerprint density at radius 3 is 2.61 bits per heavy atom. The minimum atomic E-state index is -4.11. The van der Waals surface area contributed by atoms with Crippen molar-refractivity contribution >= 4 is 11.9 Å². The number of nitrogens with one attached hydrogen (secondary N) is 2. The van der Waals surface area contributed by atoms with Crippen molar-refractivity contribution in [2.45, 2.75) is 51.4 Å². The molecule has 0 aliphatic heterocycles. The molecular formula is C19H27F3N4O2. The van der Waals surface area contributed by atoms with Gasteiger partial charge in [-0.05, 0) is 50.3 Å². The van der Waals surface area contributed by atoms with Gasteiger partial charge >= 0.3 is 6.18 Å². The quantitative estimate of drug-likeness (QED) is 0.485. The van der Waals surface area contributed by atoms with Crippen molar-refractivity contribution < 1.29 is 22.7 Å². The summed E-state index contributed by atoms with van der Waals surface area (Å²) in [5, 5.41) is 6.35. The fourth-order valence-corrected chi connectivity index (χ4v) is 3.14. The first-order valence-electron chi connectivity index (χ1n) is 9.39. The van der Waals surface area contributed by atoms with Gasteiger partial charge in [-0.25, -0.2) is 4.99 Å². The SMILES string of the molecule is CCNC(=NCc1cccc(OCC(N)=O)c1)NC1CCC(C(F)(F)F)CC1. The maximum atomic E-state index is 12.8. The van der Waals surface area contributed by atoms with Gasteiger partial charge in [0.2, 0.25) is 0 Å². The first-order chi connectivity index (χ1) is 13.3. The molecule has 0 unspecified atom stereocenters. The molecule has 1 aromatic rings. The molecule has 0 aromatic heterocycles. The van der Waals surface area contributed by atoms with E-state index in [-0.39, 0.29) is 25.5 Å². The molecule has 28 heavy (non-hydrogen) atoms. The van der Waals surface area contributed by atoms with Crippen LogP contribution in [0.25, 0.3) is 0 Å². The molecule has 0 atom stereocenters. The number of alkyl halides is 3. The predicted molar refractivity (Wildman–Crippen MR) is 101 cm³/mol. The lowest BCUT2D eigenvalue weighted by molar-refractivity contribution is -0.182. The molecule has 6 nitrogen and oxygen atoms in total. The van der Waals surface area contributed by atoms with Crippen LogP contribution in [-0.4, -0.2) is 37.2 Å². The molecule has 1 fully saturated rings. The fraction of sp³-hybridized carbons (Fsp3) is 0.579. The van der Waals surface area contributed by atoms with E-state index < -0.39 is 18.0 Å². The van der Waals surface area contributed by atoms with Gasteiger partial charge in [0.05, 0.1) is 12.5 Å². The lowest BCUT2D eigenvalue weighted by Crippen LogP contribution is -2.45. The van der Waals surface area contributed by atoms with Gasteiger partial charge in [-0.1, -0.05) is 12.1 Å². The van der Waals surface area contributed by atoms with Crippen LogP contribution in [0.1, 0.15) is 38.2 Å². The average molecular weight is 400 g/mol. The van der Waals surface area contributed by atoms with Gasteiger partial charge in [0.15, 0.2) is 12.6 Å². The van der Waals surface area contributed by atoms with Crippen molar-refractivity contribution in [3.8, 4) is 5.75 Å². The lowest BCUT2D eigenvalue weighted by atomic mass is 9.85. The lowest BCUT2D eigenvalue weighted by Gasteiger charge is -2.31. The summed E-state index contributed by atoms with van der Waals surface area (Å²) in [4.78, 5) is 15.3. The highest BCUT2D eigenvalue weighted by molar-refractivity contribution is 5.80. The van der Waals surface area contributed by atoms with Gasteiger partial charge in [0.25, 0.3) is 5.91 Å². The van der Waals surface area contributed by atoms with Gasteiger partial charge < -0.3 is 21.1 Å². The number of benzene rings is 1. The van der Waals surface area contributed by atoms with E-state index in [9.17, 15) is 18.0 Å². The Bertz CT molecular complexity index is 671. The van der Waals surface area contributed by atoms with E-state index >= 15 is 0 Å². The van der Waals surface area contributed by atoms with Crippen LogP contribution in [0.2, 0.25) is 0 Å². The molecule has 2 rings (SSSR count). The molecule has 156 valence electrons. The molecule has 4 N–H and O–H groups in total. The van der Waals surface area contributed by atoms with Crippen LogP contribution >= 0.6 is 0 Å². The number of ether oxygens (including phenoxy) is 1. The van der Waals surface area contributed by atoms with Crippen LogP contribution in [0, 0.1) is 5.92 Å². The summed E-state index contributed by atoms with van der Waals surface area (Å²) in [6.45, 7) is 2.74. The van der Waals surface area contributed by atoms with E-state index in [0.717, 1.165) is 5.56 Å². The van der Waals surface area contributed by atoms with E-state index in [1.165, 1.54) is 0 Å². The Labute approximate surface area is 162 Å². The summed E-state index contributed by atoms with van der Waals surface area (Å²) < 4.78 is 43.7. The molecule has 0 heterocycles. The van der Waals surface area contributed by atoms with Gasteiger partial charge in [0.1, 0.15) is 5.75 Å². The number of hydrogen-bond acceptors (Lipinski definition) is 3. The van der Waals surface area contributed by atoms with Gasteiger partial charge in [-0.15, -0.1) is 0 Å². The Hall–Kier alpha value is -2.45. The van der Waals surface area contributed by atoms with Crippen molar-refractivity contribution in [2.24, 2.45) is 16.6 Å². The summed E-state index contributed by atoms with van der Waals surface area (Å²) in [6.07, 6.45) is -2.90. The number of nitrogens with zero attached hydrogens (tertiary/aromatic N) is 1. The van der Waals surface area contributed by atoms with Crippen LogP contribution < -0.4 is 21.1 Å². The van der Waals surface area contributed by atoms with Crippen molar-refractivity contribution in [2.75, 3.05) is 13.2 Å². The number of halogens is 3. The van der Waals surface area contributed by atoms with Crippen LogP contribution in [0.4, 0.5) is 13.2 Å². The first-order valence-corrected chi connectivity index (χ1v) is 9.39. The fourth-order valence-electron chi connectivity index (χ4n) is 3.14. The number of nitrogens with two attached hydrogens (primary N) is 1. The third-order valence-electron chi connectivity index (χ3n) is 4.57. The Morgan fingerprint density at radius 2 is 2.00 bits per heavy atom. The number of carbonyl (C=O) groups excluding carboxylic acids is 1. The summed E-state index contributed by atoms with van der Waals surface area (Å²) in [5.41, 5.74) is 5.94. The molecule has 0 spiro atoms. The highest BCUT2D eigenvalue weighted by Crippen LogP contribution is 2.37. The summed E-state index contributed by atoms with van der Waals surface area (Å²) in [5.74, 6) is -0.660. The normalized spacial score (nSPS) is 20.5. The number of primary amides is 1. The second-order valence-electron chi connectivity index (χ2n) is 6.83. The molecule has 1 aliphatic carbocycles. The topological polar surface area (TPSA) is 88.7 Å². The Morgan fingerprint density at radius 1 is 1.29 bits per heavy atom. The van der Waals surface area contributed by atoms with Gasteiger partial charge in [0, 0.05) is 12.6 Å². The highest BCUT2D eigenvalue weighted by Gasteiger charge is 2.41. The van der Waals surface area contributed by atoms with E-state index in [2.05, 4.69) is 15.6 Å². The third kappa shape index (κ3) is 7.28. The van der Waals surface area contributed by atoms with E-state index in [1.807, 2.05) is 13.0 Å². The van der Waals surface area contributed by atoms with Crippen LogP contribution in [0.15, 0.2) is 29.3 Å². The number of hydrogen-bond donors (Lipinski definition) is 3. The number of carbonyl (C=O) groups is 1. The predicted octanol–water partition coefficient (Wildman–Crippen LogP) is 2.73. The highest BCUT2D eigenvalue weighted by atomic mass is 19.4. The molecule has 0 radical (unpaired) electrons. The molecule has 0 saturated heterocycles. The second kappa shape index (κ2) is 10.2. The van der Waals surface area contributed by atoms with E-state index in [0.29, 0.717) is 37.6 Å². The number of amides is 1. The monoisotopic (exact) mass is 400 g/mol. The molecular weight excluding hydrogens is 373 g/mol. The number of rotatable bonds is 7. The van der Waals surface area contributed by atoms with Gasteiger partial charge in [-0.2, -0.15) is 13.2 Å². The molecule has 1 saturated carbocycles. The van der Waals surface area contributed by atoms with Crippen molar-refractivity contribution in [3.63, 3.8) is 0 Å². The maximum Gasteiger partial charge on any atom is 0.391 e. The van der Waals surface area contributed by atoms with Crippen molar-refractivity contribution in [3.05, 3.63) is 29.8 Å². The summed E-state index contributed by atoms with van der Waals surface area (Å²) in [6, 6.07) is 7.13. The zero-order valence-electron chi connectivity index (χ0n) is 15.9. The minimum absolute atomic E-state index is 0.0263. The number of aliphatic imine (C=N–C) groups is 1. The zero-order valence-corrected chi connectivity index (χ0v) is 15.9. The molecule has 1 aromatic carbocycles. The number of guanidine groups is 1. The molecule has 1 amide bonds. The maximum absolute atomic E-state index is 12.8. The average Bonchev–Trinajstić information content (AvgIpc) is 2.65. The molecule has 1 aliphatic rings. The second-order valence-corrected chi connectivity index (χ2v) is 6.83. The van der Waals surface area contributed by atoms with Crippen LogP contribution in [-0.2, 0) is 11.3 Å². The van der Waals surface area contributed by atoms with Gasteiger partial charge in [-0.3, -0.25) is 4.79 Å². The molecule has 9 heteroatoms. The zero-order chi connectivity index (χ0) is 20.6. The largest absolute Gasteiger partial charge is 0.484 e. The third-order valence-corrected chi connectivity index (χ3v) is 4.57. The van der Waals surface area contributed by atoms with Crippen LogP contribution in [0.5, 0.6) is 5.75 Å². The minimum Gasteiger partial charge on any atom is -0.484 e. The first kappa shape index (κ1) is 21.8. The van der Waals surface area contributed by atoms with E-state index in [1.54, 1.807) is 18.2 Å². The standard InChI is InChI=1S/C19H27F3N4O2/c1-2-24-18(26-15-8-6-14(7-9-15)19(20,21)22)25-11-13-4-3-5-16(10-13)28-12-17(23)27/h3-5,10,14-15H,2,6-9,11-12H2,1H3,(H2,23,27)(H2,24,25,26). The van der Waals surface area contributed by atoms with Crippen molar-refractivity contribution in [1.82, 2.24) is 10.6 Å². The Kier molecular flexibility index (Phi) is 7.95. The van der Waals surface area contributed by atoms with Crippen LogP contribution in [0.3, 0.4) is 0 Å². The smallest absolute Gasteiger partial charge is 0.391 e. The molecule has 0 bridgehead atoms.